The second-order valence-corrected chi connectivity index (χ2v) is 6.48. The Morgan fingerprint density at radius 2 is 2.00 bits per heavy atom. The minimum Gasteiger partial charge on any atom is -0.372 e. The molecule has 2 aliphatic heterocycles. The highest BCUT2D eigenvalue weighted by atomic mass is 35.5. The Balaban J connectivity index is 1.42. The molecule has 0 spiro atoms. The number of anilines is 1. The smallest absolute Gasteiger partial charge is 0.274 e. The molecule has 1 aromatic heterocycles. The Hall–Kier alpha value is -2.05. The van der Waals surface area contributed by atoms with Gasteiger partial charge in [0.05, 0.1) is 6.61 Å². The fourth-order valence-corrected chi connectivity index (χ4v) is 3.38. The highest BCUT2D eigenvalue weighted by Gasteiger charge is 2.25. The van der Waals surface area contributed by atoms with Crippen molar-refractivity contribution in [2.75, 3.05) is 37.7 Å². The summed E-state index contributed by atoms with van der Waals surface area (Å²) in [7, 11) is 0. The Morgan fingerprint density at radius 1 is 1.17 bits per heavy atom. The van der Waals surface area contributed by atoms with Gasteiger partial charge in [0, 0.05) is 49.6 Å². The van der Waals surface area contributed by atoms with E-state index in [0.29, 0.717) is 32.0 Å². The fraction of sp³-hybridized carbons (Fsp3) is 0.412. The summed E-state index contributed by atoms with van der Waals surface area (Å²) in [4.78, 5) is 21.2. The van der Waals surface area contributed by atoms with Gasteiger partial charge in [-0.3, -0.25) is 4.79 Å². The summed E-state index contributed by atoms with van der Waals surface area (Å²) in [5.41, 5.74) is 1.62. The SMILES string of the molecule is O=C(c1cn2c(n1)COCC2)N1CCN(c2cccc(Cl)c2)CC1. The number of hydrogen-bond acceptors (Lipinski definition) is 4. The molecule has 3 heterocycles. The predicted octanol–water partition coefficient (Wildman–Crippen LogP) is 2.03. The van der Waals surface area contributed by atoms with Gasteiger partial charge in [0.1, 0.15) is 18.1 Å². The zero-order valence-electron chi connectivity index (χ0n) is 13.3. The topological polar surface area (TPSA) is 50.6 Å². The molecular formula is C17H19ClN4O2. The first-order valence-electron chi connectivity index (χ1n) is 8.14. The number of amides is 1. The maximum atomic E-state index is 12.7. The third-order valence-electron chi connectivity index (χ3n) is 4.53. The van der Waals surface area contributed by atoms with Crippen molar-refractivity contribution in [3.8, 4) is 0 Å². The van der Waals surface area contributed by atoms with Gasteiger partial charge in [0.25, 0.3) is 5.91 Å². The summed E-state index contributed by atoms with van der Waals surface area (Å²) in [6, 6.07) is 7.83. The van der Waals surface area contributed by atoms with Gasteiger partial charge in [-0.25, -0.2) is 4.98 Å². The lowest BCUT2D eigenvalue weighted by Crippen LogP contribution is -2.48. The number of ether oxygens (including phenoxy) is 1. The lowest BCUT2D eigenvalue weighted by atomic mass is 10.2. The lowest BCUT2D eigenvalue weighted by molar-refractivity contribution is 0.0740. The number of carbonyl (C=O) groups is 1. The van der Waals surface area contributed by atoms with Crippen LogP contribution < -0.4 is 4.90 Å². The zero-order chi connectivity index (χ0) is 16.5. The van der Waals surface area contributed by atoms with E-state index >= 15 is 0 Å². The number of nitrogens with zero attached hydrogens (tertiary/aromatic N) is 4. The Kier molecular flexibility index (Phi) is 4.16. The number of fused-ring (bicyclic) bond motifs is 1. The molecule has 0 bridgehead atoms. The summed E-state index contributed by atoms with van der Waals surface area (Å²) in [5.74, 6) is 0.838. The largest absolute Gasteiger partial charge is 0.372 e. The first-order valence-corrected chi connectivity index (χ1v) is 8.52. The lowest BCUT2D eigenvalue weighted by Gasteiger charge is -2.35. The molecular weight excluding hydrogens is 328 g/mol. The molecule has 6 nitrogen and oxygen atoms in total. The van der Waals surface area contributed by atoms with Crippen LogP contribution in [0.4, 0.5) is 5.69 Å². The molecule has 0 atom stereocenters. The van der Waals surface area contributed by atoms with Crippen LogP contribution in [0.15, 0.2) is 30.5 Å². The van der Waals surface area contributed by atoms with Crippen LogP contribution in [0.1, 0.15) is 16.3 Å². The molecule has 1 fully saturated rings. The van der Waals surface area contributed by atoms with Crippen LogP contribution in [0.25, 0.3) is 0 Å². The number of piperazine rings is 1. The van der Waals surface area contributed by atoms with Crippen LogP contribution in [0.3, 0.4) is 0 Å². The van der Waals surface area contributed by atoms with Crippen LogP contribution >= 0.6 is 11.6 Å². The maximum absolute atomic E-state index is 12.7. The van der Waals surface area contributed by atoms with Crippen molar-refractivity contribution in [2.24, 2.45) is 0 Å². The van der Waals surface area contributed by atoms with E-state index in [4.69, 9.17) is 16.3 Å². The van der Waals surface area contributed by atoms with E-state index in [1.165, 1.54) is 0 Å². The Morgan fingerprint density at radius 3 is 2.75 bits per heavy atom. The highest BCUT2D eigenvalue weighted by molar-refractivity contribution is 6.30. The van der Waals surface area contributed by atoms with E-state index in [0.717, 1.165) is 36.2 Å². The number of benzene rings is 1. The number of carbonyl (C=O) groups excluding carboxylic acids is 1. The van der Waals surface area contributed by atoms with E-state index in [-0.39, 0.29) is 5.91 Å². The molecule has 1 amide bonds. The van der Waals surface area contributed by atoms with E-state index in [1.807, 2.05) is 39.9 Å². The molecule has 1 aromatic carbocycles. The Labute approximate surface area is 145 Å². The van der Waals surface area contributed by atoms with Crippen molar-refractivity contribution in [1.82, 2.24) is 14.5 Å². The summed E-state index contributed by atoms with van der Waals surface area (Å²) in [6.07, 6.45) is 1.85. The standard InChI is InChI=1S/C17H19ClN4O2/c18-13-2-1-3-14(10-13)20-4-6-21(7-5-20)17(23)15-11-22-8-9-24-12-16(22)19-15/h1-3,10-11H,4-9,12H2. The molecule has 0 aliphatic carbocycles. The van der Waals surface area contributed by atoms with Crippen LogP contribution in [-0.4, -0.2) is 53.1 Å². The van der Waals surface area contributed by atoms with E-state index in [1.54, 1.807) is 0 Å². The van der Waals surface area contributed by atoms with Crippen molar-refractivity contribution >= 4 is 23.2 Å². The third-order valence-corrected chi connectivity index (χ3v) is 4.76. The highest BCUT2D eigenvalue weighted by Crippen LogP contribution is 2.21. The number of imidazole rings is 1. The van der Waals surface area contributed by atoms with Gasteiger partial charge in [0.15, 0.2) is 0 Å². The average molecular weight is 347 g/mol. The number of halogens is 1. The van der Waals surface area contributed by atoms with Gasteiger partial charge < -0.3 is 19.1 Å². The minimum atomic E-state index is 0.00245. The van der Waals surface area contributed by atoms with Crippen molar-refractivity contribution in [2.45, 2.75) is 13.2 Å². The van der Waals surface area contributed by atoms with Crippen molar-refractivity contribution in [1.29, 1.82) is 0 Å². The Bertz CT molecular complexity index is 729. The first-order chi connectivity index (χ1) is 11.7. The molecule has 126 valence electrons. The molecule has 0 radical (unpaired) electrons. The van der Waals surface area contributed by atoms with Gasteiger partial charge in [-0.05, 0) is 18.2 Å². The number of aromatic nitrogens is 2. The van der Waals surface area contributed by atoms with Gasteiger partial charge in [0.2, 0.25) is 0 Å². The predicted molar refractivity (Wildman–Crippen MR) is 91.5 cm³/mol. The molecule has 0 N–H and O–H groups in total. The van der Waals surface area contributed by atoms with Crippen molar-refractivity contribution in [3.63, 3.8) is 0 Å². The summed E-state index contributed by atoms with van der Waals surface area (Å²) in [5, 5.41) is 0.733. The average Bonchev–Trinajstić information content (AvgIpc) is 3.05. The van der Waals surface area contributed by atoms with Crippen LogP contribution in [0.5, 0.6) is 0 Å². The quantitative estimate of drug-likeness (QED) is 0.835. The molecule has 24 heavy (non-hydrogen) atoms. The minimum absolute atomic E-state index is 0.00245. The molecule has 0 saturated carbocycles. The monoisotopic (exact) mass is 346 g/mol. The zero-order valence-corrected chi connectivity index (χ0v) is 14.1. The molecule has 2 aromatic rings. The van der Waals surface area contributed by atoms with Gasteiger partial charge in [-0.2, -0.15) is 0 Å². The molecule has 2 aliphatic rings. The van der Waals surface area contributed by atoms with E-state index in [2.05, 4.69) is 9.88 Å². The summed E-state index contributed by atoms with van der Waals surface area (Å²) in [6.45, 7) is 4.88. The number of hydrogen-bond donors (Lipinski definition) is 0. The summed E-state index contributed by atoms with van der Waals surface area (Å²) >= 11 is 6.06. The van der Waals surface area contributed by atoms with Gasteiger partial charge in [-0.1, -0.05) is 17.7 Å². The van der Waals surface area contributed by atoms with Gasteiger partial charge >= 0.3 is 0 Å². The molecule has 0 unspecified atom stereocenters. The van der Waals surface area contributed by atoms with Crippen molar-refractivity contribution in [3.05, 3.63) is 47.0 Å². The first kappa shape index (κ1) is 15.5. The van der Waals surface area contributed by atoms with Crippen molar-refractivity contribution < 1.29 is 9.53 Å². The second kappa shape index (κ2) is 6.45. The third kappa shape index (κ3) is 2.99. The van der Waals surface area contributed by atoms with E-state index < -0.39 is 0 Å². The van der Waals surface area contributed by atoms with Crippen LogP contribution in [0.2, 0.25) is 5.02 Å². The molecule has 4 rings (SSSR count). The molecule has 1 saturated heterocycles. The summed E-state index contributed by atoms with van der Waals surface area (Å²) < 4.78 is 7.39. The second-order valence-electron chi connectivity index (χ2n) is 6.05. The fourth-order valence-electron chi connectivity index (χ4n) is 3.19. The normalized spacial score (nSPS) is 17.7. The number of rotatable bonds is 2. The van der Waals surface area contributed by atoms with Gasteiger partial charge in [-0.15, -0.1) is 0 Å². The van der Waals surface area contributed by atoms with Crippen LogP contribution in [-0.2, 0) is 17.9 Å². The maximum Gasteiger partial charge on any atom is 0.274 e. The van der Waals surface area contributed by atoms with E-state index in [9.17, 15) is 4.79 Å². The molecule has 7 heteroatoms. The van der Waals surface area contributed by atoms with Crippen LogP contribution in [0, 0.1) is 0 Å².